The van der Waals surface area contributed by atoms with Gasteiger partial charge in [-0.1, -0.05) is 12.1 Å². The summed E-state index contributed by atoms with van der Waals surface area (Å²) in [5.74, 6) is -0.404. The Morgan fingerprint density at radius 1 is 1.00 bits per heavy atom. The zero-order valence-electron chi connectivity index (χ0n) is 14.4. The highest BCUT2D eigenvalue weighted by Crippen LogP contribution is 2.07. The number of aromatic nitrogens is 4. The quantitative estimate of drug-likeness (QED) is 0.614. The Labute approximate surface area is 149 Å². The van der Waals surface area contributed by atoms with E-state index in [-0.39, 0.29) is 17.8 Å². The van der Waals surface area contributed by atoms with E-state index in [1.165, 1.54) is 10.5 Å². The molecule has 0 spiro atoms. The number of carbonyl (C=O) groups is 1. The molecule has 130 valence electrons. The average molecular weight is 347 g/mol. The van der Waals surface area contributed by atoms with Crippen LogP contribution in [0.15, 0.2) is 53.7 Å². The second kappa shape index (κ2) is 6.11. The van der Waals surface area contributed by atoms with Crippen molar-refractivity contribution in [2.75, 3.05) is 0 Å². The molecule has 0 atom stereocenters. The number of nitrogens with one attached hydrogen (secondary N) is 1. The highest BCUT2D eigenvalue weighted by Gasteiger charge is 2.11. The summed E-state index contributed by atoms with van der Waals surface area (Å²) in [7, 11) is 0. The van der Waals surface area contributed by atoms with Crippen molar-refractivity contribution in [2.24, 2.45) is 0 Å². The molecule has 0 aromatic carbocycles. The number of nitrogens with zero attached hydrogens (tertiary/aromatic N) is 4. The molecule has 4 rings (SSSR count). The maximum atomic E-state index is 12.4. The Bertz CT molecular complexity index is 1210. The molecule has 4 aromatic rings. The van der Waals surface area contributed by atoms with Gasteiger partial charge in [0, 0.05) is 24.7 Å². The molecule has 1 amide bonds. The molecular formula is C19H17N5O2. The number of hydrogen-bond acceptors (Lipinski definition) is 4. The van der Waals surface area contributed by atoms with E-state index in [0.717, 1.165) is 22.5 Å². The summed E-state index contributed by atoms with van der Waals surface area (Å²) in [6, 6.07) is 8.72. The van der Waals surface area contributed by atoms with Crippen molar-refractivity contribution in [1.29, 1.82) is 0 Å². The Balaban J connectivity index is 1.56. The summed E-state index contributed by atoms with van der Waals surface area (Å²) < 4.78 is 3.34. The zero-order chi connectivity index (χ0) is 18.3. The molecule has 0 bridgehead atoms. The van der Waals surface area contributed by atoms with E-state index < -0.39 is 5.91 Å². The van der Waals surface area contributed by atoms with Gasteiger partial charge in [0.15, 0.2) is 0 Å². The molecule has 0 fully saturated rings. The van der Waals surface area contributed by atoms with Crippen LogP contribution in [0.4, 0.5) is 0 Å². The predicted octanol–water partition coefficient (Wildman–Crippen LogP) is 1.89. The van der Waals surface area contributed by atoms with E-state index in [1.54, 1.807) is 12.3 Å². The SMILES string of the molecule is Cc1ccc2nc(CNC(=O)c3cc(=O)n4cc(C)ccc4n3)cn2c1. The van der Waals surface area contributed by atoms with Gasteiger partial charge in [-0.3, -0.25) is 14.0 Å². The van der Waals surface area contributed by atoms with Crippen LogP contribution >= 0.6 is 0 Å². The van der Waals surface area contributed by atoms with E-state index in [4.69, 9.17) is 0 Å². The minimum absolute atomic E-state index is 0.0958. The summed E-state index contributed by atoms with van der Waals surface area (Å²) in [5.41, 5.74) is 3.87. The maximum absolute atomic E-state index is 12.4. The first kappa shape index (κ1) is 16.0. The largest absolute Gasteiger partial charge is 0.345 e. The number of fused-ring (bicyclic) bond motifs is 2. The van der Waals surface area contributed by atoms with E-state index in [1.807, 2.05) is 48.8 Å². The molecule has 7 heteroatoms. The first-order valence-electron chi connectivity index (χ1n) is 8.22. The molecule has 4 heterocycles. The smallest absolute Gasteiger partial charge is 0.270 e. The first-order chi connectivity index (χ1) is 12.5. The molecule has 7 nitrogen and oxygen atoms in total. The Hall–Kier alpha value is -3.48. The molecule has 26 heavy (non-hydrogen) atoms. The minimum Gasteiger partial charge on any atom is -0.345 e. The normalized spacial score (nSPS) is 11.2. The number of hydrogen-bond donors (Lipinski definition) is 1. The number of aryl methyl sites for hydroxylation is 2. The second-order valence-electron chi connectivity index (χ2n) is 6.30. The summed E-state index contributed by atoms with van der Waals surface area (Å²) >= 11 is 0. The Morgan fingerprint density at radius 3 is 2.54 bits per heavy atom. The molecule has 1 N–H and O–H groups in total. The lowest BCUT2D eigenvalue weighted by Crippen LogP contribution is -2.27. The molecule has 0 unspecified atom stereocenters. The van der Waals surface area contributed by atoms with Gasteiger partial charge < -0.3 is 9.72 Å². The average Bonchev–Trinajstić information content (AvgIpc) is 3.02. The van der Waals surface area contributed by atoms with Crippen molar-refractivity contribution < 1.29 is 4.79 Å². The van der Waals surface area contributed by atoms with Crippen LogP contribution in [-0.2, 0) is 6.54 Å². The van der Waals surface area contributed by atoms with Crippen LogP contribution in [0.1, 0.15) is 27.3 Å². The number of rotatable bonds is 3. The highest BCUT2D eigenvalue weighted by molar-refractivity contribution is 5.92. The number of carbonyl (C=O) groups excluding carboxylic acids is 1. The molecule has 4 aromatic heterocycles. The van der Waals surface area contributed by atoms with E-state index in [9.17, 15) is 9.59 Å². The van der Waals surface area contributed by atoms with E-state index >= 15 is 0 Å². The first-order valence-corrected chi connectivity index (χ1v) is 8.22. The van der Waals surface area contributed by atoms with Crippen LogP contribution in [0.3, 0.4) is 0 Å². The van der Waals surface area contributed by atoms with Gasteiger partial charge in [0.25, 0.3) is 11.5 Å². The standard InChI is InChI=1S/C19H17N5O2/c1-12-3-5-16-21-14(11-23(16)9-12)8-20-19(26)15-7-18(25)24-10-13(2)4-6-17(24)22-15/h3-7,9-11H,8H2,1-2H3,(H,20,26). The second-order valence-corrected chi connectivity index (χ2v) is 6.30. The lowest BCUT2D eigenvalue weighted by atomic mass is 10.3. The molecule has 0 aliphatic rings. The van der Waals surface area contributed by atoms with Gasteiger partial charge in [-0.15, -0.1) is 0 Å². The minimum atomic E-state index is -0.404. The van der Waals surface area contributed by atoms with Gasteiger partial charge in [0.2, 0.25) is 0 Å². The van der Waals surface area contributed by atoms with Crippen molar-refractivity contribution >= 4 is 17.2 Å². The van der Waals surface area contributed by atoms with Gasteiger partial charge in [-0.05, 0) is 37.1 Å². The fraction of sp³-hybridized carbons (Fsp3) is 0.158. The van der Waals surface area contributed by atoms with Crippen LogP contribution in [-0.4, -0.2) is 24.7 Å². The van der Waals surface area contributed by atoms with E-state index in [0.29, 0.717) is 5.65 Å². The third kappa shape index (κ3) is 2.95. The monoisotopic (exact) mass is 347 g/mol. The molecule has 0 radical (unpaired) electrons. The van der Waals surface area contributed by atoms with Crippen LogP contribution in [0.2, 0.25) is 0 Å². The highest BCUT2D eigenvalue weighted by atomic mass is 16.2. The predicted molar refractivity (Wildman–Crippen MR) is 97.3 cm³/mol. The summed E-state index contributed by atoms with van der Waals surface area (Å²) in [6.45, 7) is 4.16. The van der Waals surface area contributed by atoms with Gasteiger partial charge in [0.1, 0.15) is 17.0 Å². The third-order valence-electron chi connectivity index (χ3n) is 4.12. The molecule has 0 aliphatic heterocycles. The number of imidazole rings is 1. The van der Waals surface area contributed by atoms with Crippen molar-refractivity contribution in [3.63, 3.8) is 0 Å². The maximum Gasteiger partial charge on any atom is 0.270 e. The van der Waals surface area contributed by atoms with Gasteiger partial charge in [0.05, 0.1) is 12.2 Å². The topological polar surface area (TPSA) is 80.8 Å². The lowest BCUT2D eigenvalue weighted by Gasteiger charge is -2.05. The zero-order valence-corrected chi connectivity index (χ0v) is 14.4. The molecule has 0 saturated heterocycles. The fourth-order valence-corrected chi connectivity index (χ4v) is 2.83. The Kier molecular flexibility index (Phi) is 3.76. The molecule has 0 saturated carbocycles. The van der Waals surface area contributed by atoms with Gasteiger partial charge in [-0.2, -0.15) is 0 Å². The van der Waals surface area contributed by atoms with E-state index in [2.05, 4.69) is 15.3 Å². The summed E-state index contributed by atoms with van der Waals surface area (Å²) in [4.78, 5) is 33.3. The van der Waals surface area contributed by atoms with Crippen LogP contribution in [0.5, 0.6) is 0 Å². The molecular weight excluding hydrogens is 330 g/mol. The van der Waals surface area contributed by atoms with Crippen LogP contribution in [0, 0.1) is 13.8 Å². The third-order valence-corrected chi connectivity index (χ3v) is 4.12. The van der Waals surface area contributed by atoms with Crippen molar-refractivity contribution in [3.8, 4) is 0 Å². The summed E-state index contributed by atoms with van der Waals surface area (Å²) in [5, 5.41) is 2.77. The lowest BCUT2D eigenvalue weighted by molar-refractivity contribution is 0.0945. The van der Waals surface area contributed by atoms with Crippen molar-refractivity contribution in [2.45, 2.75) is 20.4 Å². The van der Waals surface area contributed by atoms with Gasteiger partial charge >= 0.3 is 0 Å². The van der Waals surface area contributed by atoms with Gasteiger partial charge in [-0.25, -0.2) is 9.97 Å². The van der Waals surface area contributed by atoms with Crippen molar-refractivity contribution in [3.05, 3.63) is 81.8 Å². The van der Waals surface area contributed by atoms with Crippen LogP contribution < -0.4 is 10.9 Å². The van der Waals surface area contributed by atoms with Crippen molar-refractivity contribution in [1.82, 2.24) is 24.1 Å². The Morgan fingerprint density at radius 2 is 1.73 bits per heavy atom. The van der Waals surface area contributed by atoms with Crippen LogP contribution in [0.25, 0.3) is 11.3 Å². The number of amides is 1. The fourth-order valence-electron chi connectivity index (χ4n) is 2.83. The summed E-state index contributed by atoms with van der Waals surface area (Å²) in [6.07, 6.45) is 5.54. The molecule has 0 aliphatic carbocycles. The number of pyridine rings is 2.